The lowest BCUT2D eigenvalue weighted by atomic mass is 10.2. The zero-order chi connectivity index (χ0) is 13.5. The van der Waals surface area contributed by atoms with Crippen molar-refractivity contribution in [3.63, 3.8) is 0 Å². The van der Waals surface area contributed by atoms with Crippen LogP contribution in [0.5, 0.6) is 11.5 Å². The Balaban J connectivity index is 1.96. The van der Waals surface area contributed by atoms with Gasteiger partial charge in [-0.1, -0.05) is 12.1 Å². The van der Waals surface area contributed by atoms with Crippen molar-refractivity contribution in [2.24, 2.45) is 0 Å². The van der Waals surface area contributed by atoms with Gasteiger partial charge in [-0.2, -0.15) is 0 Å². The molecule has 0 atom stereocenters. The Morgan fingerprint density at radius 2 is 2.05 bits per heavy atom. The van der Waals surface area contributed by atoms with Gasteiger partial charge in [0.25, 0.3) is 0 Å². The summed E-state index contributed by atoms with van der Waals surface area (Å²) in [6, 6.07) is 9.68. The fraction of sp³-hybridized carbons (Fsp3) is 0.267. The molecule has 0 aliphatic heterocycles. The van der Waals surface area contributed by atoms with Crippen molar-refractivity contribution >= 4 is 11.6 Å². The monoisotopic (exact) mass is 277 g/mol. The fourth-order valence-electron chi connectivity index (χ4n) is 1.74. The van der Waals surface area contributed by atoms with Crippen LogP contribution in [0.2, 0.25) is 0 Å². The topological polar surface area (TPSA) is 31.4 Å². The summed E-state index contributed by atoms with van der Waals surface area (Å²) in [5, 5.41) is 0. The maximum atomic E-state index is 5.79. The smallest absolute Gasteiger partial charge is 0.161 e. The first-order valence-electron chi connectivity index (χ1n) is 6.08. The molecule has 0 unspecified atom stereocenters. The van der Waals surface area contributed by atoms with E-state index in [0.29, 0.717) is 18.2 Å². The summed E-state index contributed by atoms with van der Waals surface area (Å²) in [7, 11) is 1.63. The van der Waals surface area contributed by atoms with Gasteiger partial charge in [-0.05, 0) is 29.3 Å². The van der Waals surface area contributed by atoms with Gasteiger partial charge in [-0.25, -0.2) is 0 Å². The Kier molecular flexibility index (Phi) is 5.04. The van der Waals surface area contributed by atoms with Crippen LogP contribution in [0.4, 0.5) is 0 Å². The van der Waals surface area contributed by atoms with E-state index in [9.17, 15) is 0 Å². The summed E-state index contributed by atoms with van der Waals surface area (Å²) in [4.78, 5) is 4.07. The number of nitrogens with zero attached hydrogens (tertiary/aromatic N) is 1. The van der Waals surface area contributed by atoms with E-state index in [1.165, 1.54) is 0 Å². The van der Waals surface area contributed by atoms with Gasteiger partial charge in [0, 0.05) is 24.7 Å². The van der Waals surface area contributed by atoms with E-state index >= 15 is 0 Å². The number of alkyl halides is 1. The lowest BCUT2D eigenvalue weighted by Crippen LogP contribution is -2.03. The van der Waals surface area contributed by atoms with Crippen LogP contribution >= 0.6 is 11.6 Å². The van der Waals surface area contributed by atoms with Gasteiger partial charge in [0.05, 0.1) is 13.7 Å². The average molecular weight is 278 g/mol. The molecule has 100 valence electrons. The van der Waals surface area contributed by atoms with E-state index in [0.717, 1.165) is 23.3 Å². The average Bonchev–Trinajstić information content (AvgIpc) is 2.48. The van der Waals surface area contributed by atoms with Gasteiger partial charge in [-0.15, -0.1) is 11.6 Å². The molecule has 0 radical (unpaired) electrons. The molecule has 0 aliphatic carbocycles. The normalized spacial score (nSPS) is 10.2. The van der Waals surface area contributed by atoms with E-state index in [4.69, 9.17) is 21.1 Å². The maximum absolute atomic E-state index is 5.79. The van der Waals surface area contributed by atoms with Crippen LogP contribution in [0.15, 0.2) is 42.7 Å². The van der Waals surface area contributed by atoms with Gasteiger partial charge in [0.2, 0.25) is 0 Å². The fourth-order valence-corrected chi connectivity index (χ4v) is 1.91. The maximum Gasteiger partial charge on any atom is 0.161 e. The Morgan fingerprint density at radius 1 is 1.16 bits per heavy atom. The third-order valence-electron chi connectivity index (χ3n) is 2.75. The zero-order valence-corrected chi connectivity index (χ0v) is 11.6. The predicted molar refractivity (Wildman–Crippen MR) is 76.0 cm³/mol. The van der Waals surface area contributed by atoms with Gasteiger partial charge in [0.15, 0.2) is 11.5 Å². The van der Waals surface area contributed by atoms with Crippen molar-refractivity contribution in [1.82, 2.24) is 4.98 Å². The number of methoxy groups -OCH3 is 1. The van der Waals surface area contributed by atoms with Gasteiger partial charge in [-0.3, -0.25) is 4.98 Å². The molecule has 0 amide bonds. The molecule has 3 nitrogen and oxygen atoms in total. The summed E-state index contributed by atoms with van der Waals surface area (Å²) in [5.74, 6) is 1.91. The number of rotatable bonds is 6. The lowest BCUT2D eigenvalue weighted by Gasteiger charge is -2.11. The molecular formula is C15H16ClNO2. The first kappa shape index (κ1) is 13.7. The summed E-state index contributed by atoms with van der Waals surface area (Å²) in [6.45, 7) is 0.586. The van der Waals surface area contributed by atoms with Crippen LogP contribution in [-0.2, 0) is 12.3 Å². The molecule has 0 spiro atoms. The van der Waals surface area contributed by atoms with Crippen LogP contribution in [0.1, 0.15) is 11.1 Å². The van der Waals surface area contributed by atoms with Crippen LogP contribution in [-0.4, -0.2) is 18.7 Å². The standard InChI is InChI=1S/C15H16ClNO2/c1-18-15-9-13(10-16)4-5-14(15)19-8-6-12-3-2-7-17-11-12/h2-5,7,9,11H,6,8,10H2,1H3. The highest BCUT2D eigenvalue weighted by atomic mass is 35.5. The van der Waals surface area contributed by atoms with Crippen molar-refractivity contribution in [1.29, 1.82) is 0 Å². The number of hydrogen-bond acceptors (Lipinski definition) is 3. The summed E-state index contributed by atoms with van der Waals surface area (Å²) in [6.07, 6.45) is 4.42. The van der Waals surface area contributed by atoms with E-state index in [-0.39, 0.29) is 0 Å². The molecule has 2 aromatic rings. The van der Waals surface area contributed by atoms with Crippen LogP contribution < -0.4 is 9.47 Å². The first-order chi connectivity index (χ1) is 9.33. The lowest BCUT2D eigenvalue weighted by molar-refractivity contribution is 0.297. The molecule has 19 heavy (non-hydrogen) atoms. The van der Waals surface area contributed by atoms with Crippen molar-refractivity contribution in [3.05, 3.63) is 53.9 Å². The van der Waals surface area contributed by atoms with Crippen molar-refractivity contribution in [3.8, 4) is 11.5 Å². The Bertz CT molecular complexity index is 517. The van der Waals surface area contributed by atoms with Crippen LogP contribution in [0.3, 0.4) is 0 Å². The molecule has 0 fully saturated rings. The van der Waals surface area contributed by atoms with Gasteiger partial charge >= 0.3 is 0 Å². The Morgan fingerprint density at radius 3 is 2.74 bits per heavy atom. The molecule has 1 heterocycles. The quantitative estimate of drug-likeness (QED) is 0.758. The zero-order valence-electron chi connectivity index (χ0n) is 10.8. The van der Waals surface area contributed by atoms with Crippen LogP contribution in [0.25, 0.3) is 0 Å². The van der Waals surface area contributed by atoms with Crippen molar-refractivity contribution < 1.29 is 9.47 Å². The van der Waals surface area contributed by atoms with Crippen LogP contribution in [0, 0.1) is 0 Å². The number of hydrogen-bond donors (Lipinski definition) is 0. The minimum atomic E-state index is 0.465. The van der Waals surface area contributed by atoms with Gasteiger partial charge in [0.1, 0.15) is 0 Å². The summed E-state index contributed by atoms with van der Waals surface area (Å²) >= 11 is 5.79. The number of aromatic nitrogens is 1. The first-order valence-corrected chi connectivity index (χ1v) is 6.61. The number of halogens is 1. The number of ether oxygens (including phenoxy) is 2. The molecule has 0 N–H and O–H groups in total. The van der Waals surface area contributed by atoms with E-state index in [1.54, 1.807) is 13.3 Å². The Labute approximate surface area is 118 Å². The summed E-state index contributed by atoms with van der Waals surface area (Å²) in [5.41, 5.74) is 2.16. The molecular weight excluding hydrogens is 262 g/mol. The molecule has 0 saturated heterocycles. The molecule has 1 aromatic heterocycles. The highest BCUT2D eigenvalue weighted by Crippen LogP contribution is 2.28. The molecule has 2 rings (SSSR count). The largest absolute Gasteiger partial charge is 0.493 e. The molecule has 4 heteroatoms. The third-order valence-corrected chi connectivity index (χ3v) is 3.06. The van der Waals surface area contributed by atoms with Gasteiger partial charge < -0.3 is 9.47 Å². The predicted octanol–water partition coefficient (Wildman–Crippen LogP) is 3.45. The molecule has 0 bridgehead atoms. The highest BCUT2D eigenvalue weighted by Gasteiger charge is 2.05. The number of benzene rings is 1. The third kappa shape index (κ3) is 3.86. The second-order valence-corrected chi connectivity index (χ2v) is 4.35. The molecule has 0 saturated carbocycles. The highest BCUT2D eigenvalue weighted by molar-refractivity contribution is 6.17. The van der Waals surface area contributed by atoms with E-state index in [1.807, 2.05) is 36.5 Å². The van der Waals surface area contributed by atoms with Crippen molar-refractivity contribution in [2.75, 3.05) is 13.7 Å². The minimum absolute atomic E-state index is 0.465. The van der Waals surface area contributed by atoms with E-state index < -0.39 is 0 Å². The molecule has 0 aliphatic rings. The second kappa shape index (κ2) is 7.00. The summed E-state index contributed by atoms with van der Waals surface area (Å²) < 4.78 is 11.0. The minimum Gasteiger partial charge on any atom is -0.493 e. The Hall–Kier alpha value is -1.74. The second-order valence-electron chi connectivity index (χ2n) is 4.08. The number of pyridine rings is 1. The SMILES string of the molecule is COc1cc(CCl)ccc1OCCc1cccnc1. The molecule has 1 aromatic carbocycles. The van der Waals surface area contributed by atoms with E-state index in [2.05, 4.69) is 4.98 Å². The van der Waals surface area contributed by atoms with Crippen molar-refractivity contribution in [2.45, 2.75) is 12.3 Å².